The molecule has 142 valence electrons. The molecule has 0 aliphatic heterocycles. The third kappa shape index (κ3) is 4.62. The number of aromatic amines is 1. The molecule has 0 spiro atoms. The first-order chi connectivity index (χ1) is 12.8. The Morgan fingerprint density at radius 1 is 1.00 bits per heavy atom. The number of rotatable bonds is 5. The standard InChI is InChI=1S/C23H29N3S/c1-7-17-8-10-18(11-9-17)21-24-22(26-25-21)27-14-20-15(2)12-19(13-16(20)3)23(4,5)6/h8-13H,7,14H2,1-6H3,(H,24,25,26). The van der Waals surface area contributed by atoms with Crippen molar-refractivity contribution in [2.45, 2.75) is 64.3 Å². The van der Waals surface area contributed by atoms with Crippen molar-refractivity contribution < 1.29 is 0 Å². The van der Waals surface area contributed by atoms with Crippen LogP contribution in [-0.2, 0) is 17.6 Å². The number of aromatic nitrogens is 3. The first kappa shape index (κ1) is 19.7. The largest absolute Gasteiger partial charge is 0.258 e. The second-order valence-corrected chi connectivity index (χ2v) is 9.09. The van der Waals surface area contributed by atoms with E-state index in [4.69, 9.17) is 0 Å². The average molecular weight is 380 g/mol. The van der Waals surface area contributed by atoms with E-state index < -0.39 is 0 Å². The van der Waals surface area contributed by atoms with Gasteiger partial charge in [0.15, 0.2) is 5.82 Å². The predicted octanol–water partition coefficient (Wildman–Crippen LogP) is 6.24. The molecule has 1 aromatic heterocycles. The smallest absolute Gasteiger partial charge is 0.209 e. The molecule has 0 unspecified atom stereocenters. The van der Waals surface area contributed by atoms with Gasteiger partial charge in [0.2, 0.25) is 5.16 Å². The second-order valence-electron chi connectivity index (χ2n) is 8.14. The van der Waals surface area contributed by atoms with Crippen LogP contribution in [0.3, 0.4) is 0 Å². The molecule has 3 aromatic rings. The van der Waals surface area contributed by atoms with Crippen LogP contribution in [-0.4, -0.2) is 15.2 Å². The number of nitrogens with one attached hydrogen (secondary N) is 1. The third-order valence-corrected chi connectivity index (χ3v) is 5.88. The van der Waals surface area contributed by atoms with Crippen molar-refractivity contribution in [2.24, 2.45) is 0 Å². The van der Waals surface area contributed by atoms with Gasteiger partial charge in [-0.2, -0.15) is 0 Å². The highest BCUT2D eigenvalue weighted by atomic mass is 32.2. The summed E-state index contributed by atoms with van der Waals surface area (Å²) in [4.78, 5) is 4.66. The molecule has 0 saturated heterocycles. The lowest BCUT2D eigenvalue weighted by Crippen LogP contribution is -2.12. The topological polar surface area (TPSA) is 41.6 Å². The summed E-state index contributed by atoms with van der Waals surface area (Å²) in [5, 5.41) is 8.26. The van der Waals surface area contributed by atoms with E-state index in [1.807, 2.05) is 0 Å². The summed E-state index contributed by atoms with van der Waals surface area (Å²) >= 11 is 1.68. The zero-order valence-electron chi connectivity index (χ0n) is 17.2. The van der Waals surface area contributed by atoms with Crippen molar-refractivity contribution >= 4 is 11.8 Å². The minimum atomic E-state index is 0.174. The summed E-state index contributed by atoms with van der Waals surface area (Å²) in [6, 6.07) is 13.1. The molecule has 1 heterocycles. The van der Waals surface area contributed by atoms with E-state index >= 15 is 0 Å². The van der Waals surface area contributed by atoms with E-state index in [1.165, 1.54) is 27.8 Å². The van der Waals surface area contributed by atoms with Gasteiger partial charge in [0, 0.05) is 11.3 Å². The van der Waals surface area contributed by atoms with Crippen LogP contribution in [0.4, 0.5) is 0 Å². The highest BCUT2D eigenvalue weighted by molar-refractivity contribution is 7.98. The molecule has 2 aromatic carbocycles. The van der Waals surface area contributed by atoms with E-state index in [0.717, 1.165) is 28.7 Å². The van der Waals surface area contributed by atoms with Gasteiger partial charge in [-0.1, -0.05) is 75.9 Å². The summed E-state index contributed by atoms with van der Waals surface area (Å²) in [6.45, 7) is 13.4. The first-order valence-electron chi connectivity index (χ1n) is 9.53. The number of hydrogen-bond acceptors (Lipinski definition) is 3. The summed E-state index contributed by atoms with van der Waals surface area (Å²) in [5.41, 5.74) is 8.05. The van der Waals surface area contributed by atoms with Crippen LogP contribution in [0.5, 0.6) is 0 Å². The zero-order valence-corrected chi connectivity index (χ0v) is 18.0. The molecule has 0 bridgehead atoms. The molecule has 0 radical (unpaired) electrons. The third-order valence-electron chi connectivity index (χ3n) is 5.01. The molecule has 0 aliphatic carbocycles. The Labute approximate surface area is 167 Å². The monoisotopic (exact) mass is 379 g/mol. The predicted molar refractivity (Wildman–Crippen MR) is 115 cm³/mol. The molecule has 0 atom stereocenters. The van der Waals surface area contributed by atoms with Gasteiger partial charge in [-0.25, -0.2) is 4.98 Å². The molecule has 3 rings (SSSR count). The Hall–Kier alpha value is -2.07. The molecule has 0 saturated carbocycles. The second kappa shape index (κ2) is 7.89. The highest BCUT2D eigenvalue weighted by Crippen LogP contribution is 2.30. The van der Waals surface area contributed by atoms with Crippen molar-refractivity contribution in [3.63, 3.8) is 0 Å². The van der Waals surface area contributed by atoms with Gasteiger partial charge in [-0.3, -0.25) is 5.10 Å². The maximum atomic E-state index is 4.66. The number of nitrogens with zero attached hydrogens (tertiary/aromatic N) is 2. The van der Waals surface area contributed by atoms with Crippen LogP contribution < -0.4 is 0 Å². The van der Waals surface area contributed by atoms with Gasteiger partial charge in [0.1, 0.15) is 0 Å². The normalized spacial score (nSPS) is 11.8. The molecule has 0 fully saturated rings. The summed E-state index contributed by atoms with van der Waals surface area (Å²) in [5.74, 6) is 1.71. The summed E-state index contributed by atoms with van der Waals surface area (Å²) < 4.78 is 0. The van der Waals surface area contributed by atoms with E-state index in [0.29, 0.717) is 0 Å². The minimum absolute atomic E-state index is 0.174. The maximum Gasteiger partial charge on any atom is 0.209 e. The van der Waals surface area contributed by atoms with E-state index in [9.17, 15) is 0 Å². The van der Waals surface area contributed by atoms with Crippen LogP contribution in [0, 0.1) is 13.8 Å². The van der Waals surface area contributed by atoms with Crippen molar-refractivity contribution in [3.8, 4) is 11.4 Å². The fraction of sp³-hybridized carbons (Fsp3) is 0.391. The molecule has 4 heteroatoms. The first-order valence-corrected chi connectivity index (χ1v) is 10.5. The maximum absolute atomic E-state index is 4.66. The van der Waals surface area contributed by atoms with Crippen LogP contribution in [0.2, 0.25) is 0 Å². The SMILES string of the molecule is CCc1ccc(-c2nc(SCc3c(C)cc(C(C)(C)C)cc3C)n[nH]2)cc1. The number of aryl methyl sites for hydroxylation is 3. The van der Waals surface area contributed by atoms with Crippen LogP contribution in [0.1, 0.15) is 55.5 Å². The van der Waals surface area contributed by atoms with Crippen molar-refractivity contribution in [1.82, 2.24) is 15.2 Å². The lowest BCUT2D eigenvalue weighted by atomic mass is 9.84. The van der Waals surface area contributed by atoms with E-state index in [1.54, 1.807) is 11.8 Å². The molecule has 0 amide bonds. The molecular weight excluding hydrogens is 350 g/mol. The Morgan fingerprint density at radius 3 is 2.19 bits per heavy atom. The number of hydrogen-bond donors (Lipinski definition) is 1. The number of H-pyrrole nitrogens is 1. The molecule has 1 N–H and O–H groups in total. The Bertz CT molecular complexity index is 895. The van der Waals surface area contributed by atoms with E-state index in [-0.39, 0.29) is 5.41 Å². The van der Waals surface area contributed by atoms with Crippen molar-refractivity contribution in [2.75, 3.05) is 0 Å². The van der Waals surface area contributed by atoms with Crippen LogP contribution in [0.25, 0.3) is 11.4 Å². The van der Waals surface area contributed by atoms with Gasteiger partial charge in [-0.15, -0.1) is 5.10 Å². The number of thioether (sulfide) groups is 1. The molecule has 27 heavy (non-hydrogen) atoms. The molecule has 3 nitrogen and oxygen atoms in total. The summed E-state index contributed by atoms with van der Waals surface area (Å²) in [6.07, 6.45) is 1.05. The molecular formula is C23H29N3S. The van der Waals surface area contributed by atoms with Crippen molar-refractivity contribution in [1.29, 1.82) is 0 Å². The zero-order chi connectivity index (χ0) is 19.6. The summed E-state index contributed by atoms with van der Waals surface area (Å²) in [7, 11) is 0. The van der Waals surface area contributed by atoms with Gasteiger partial charge < -0.3 is 0 Å². The van der Waals surface area contributed by atoms with Crippen molar-refractivity contribution in [3.05, 3.63) is 64.2 Å². The van der Waals surface area contributed by atoms with Crippen LogP contribution >= 0.6 is 11.8 Å². The van der Waals surface area contributed by atoms with Gasteiger partial charge in [0.25, 0.3) is 0 Å². The van der Waals surface area contributed by atoms with Gasteiger partial charge in [-0.05, 0) is 53.5 Å². The van der Waals surface area contributed by atoms with Gasteiger partial charge >= 0.3 is 0 Å². The fourth-order valence-electron chi connectivity index (χ4n) is 3.13. The van der Waals surface area contributed by atoms with Crippen LogP contribution in [0.15, 0.2) is 41.6 Å². The van der Waals surface area contributed by atoms with Gasteiger partial charge in [0.05, 0.1) is 0 Å². The molecule has 0 aliphatic rings. The lowest BCUT2D eigenvalue weighted by molar-refractivity contribution is 0.589. The Balaban J connectivity index is 1.73. The highest BCUT2D eigenvalue weighted by Gasteiger charge is 2.17. The fourth-order valence-corrected chi connectivity index (χ4v) is 4.12. The minimum Gasteiger partial charge on any atom is -0.258 e. The van der Waals surface area contributed by atoms with E-state index in [2.05, 4.69) is 93.1 Å². The number of benzene rings is 2. The average Bonchev–Trinajstić information content (AvgIpc) is 3.09. The quantitative estimate of drug-likeness (QED) is 0.533. The Morgan fingerprint density at radius 2 is 1.63 bits per heavy atom. The Kier molecular flexibility index (Phi) is 5.75. The lowest BCUT2D eigenvalue weighted by Gasteiger charge is -2.22.